The number of H-pyrrole nitrogens is 1. The Bertz CT molecular complexity index is 1100. The molecule has 0 aliphatic heterocycles. The van der Waals surface area contributed by atoms with Crippen LogP contribution in [0.2, 0.25) is 0 Å². The van der Waals surface area contributed by atoms with Gasteiger partial charge in [0.25, 0.3) is 5.91 Å². The van der Waals surface area contributed by atoms with Gasteiger partial charge in [-0.05, 0) is 31.5 Å². The number of anilines is 1. The maximum Gasteiger partial charge on any atom is 0.275 e. The minimum absolute atomic E-state index is 0.277. The zero-order chi connectivity index (χ0) is 20.1. The second kappa shape index (κ2) is 8.70. The molecule has 2 aromatic heterocycles. The summed E-state index contributed by atoms with van der Waals surface area (Å²) in [4.78, 5) is 17.4. The fourth-order valence-corrected chi connectivity index (χ4v) is 3.23. The first-order chi connectivity index (χ1) is 14.3. The SMILES string of the molecule is CCOCCCn1c(NC(=O)c2cc(-c3ccccc3)n[nH]2)nc2ccccc21. The minimum atomic E-state index is -0.277. The molecule has 0 radical (unpaired) electrons. The second-order valence-electron chi connectivity index (χ2n) is 6.61. The Kier molecular flexibility index (Phi) is 5.67. The Hall–Kier alpha value is -3.45. The van der Waals surface area contributed by atoms with E-state index in [0.717, 1.165) is 28.7 Å². The Morgan fingerprint density at radius 2 is 1.93 bits per heavy atom. The largest absolute Gasteiger partial charge is 0.382 e. The van der Waals surface area contributed by atoms with Gasteiger partial charge < -0.3 is 9.30 Å². The lowest BCUT2D eigenvalue weighted by atomic mass is 10.1. The molecule has 0 spiro atoms. The van der Waals surface area contributed by atoms with Gasteiger partial charge in [-0.1, -0.05) is 42.5 Å². The molecule has 4 aromatic rings. The van der Waals surface area contributed by atoms with Crippen LogP contribution in [0, 0.1) is 0 Å². The molecular formula is C22H23N5O2. The first-order valence-corrected chi connectivity index (χ1v) is 9.71. The third-order valence-corrected chi connectivity index (χ3v) is 4.65. The van der Waals surface area contributed by atoms with E-state index >= 15 is 0 Å². The van der Waals surface area contributed by atoms with Gasteiger partial charge in [-0.15, -0.1) is 0 Å². The van der Waals surface area contributed by atoms with E-state index < -0.39 is 0 Å². The zero-order valence-corrected chi connectivity index (χ0v) is 16.3. The number of fused-ring (bicyclic) bond motifs is 1. The van der Waals surface area contributed by atoms with Crippen LogP contribution in [0.3, 0.4) is 0 Å². The molecule has 0 saturated carbocycles. The molecular weight excluding hydrogens is 366 g/mol. The number of carbonyl (C=O) groups excluding carboxylic acids is 1. The van der Waals surface area contributed by atoms with Crippen LogP contribution in [-0.4, -0.2) is 38.9 Å². The number of aromatic nitrogens is 4. The molecule has 0 atom stereocenters. The van der Waals surface area contributed by atoms with Crippen molar-refractivity contribution in [1.29, 1.82) is 0 Å². The number of para-hydroxylation sites is 2. The Balaban J connectivity index is 1.55. The van der Waals surface area contributed by atoms with Crippen LogP contribution in [0.25, 0.3) is 22.3 Å². The molecule has 7 nitrogen and oxygen atoms in total. The van der Waals surface area contributed by atoms with Crippen LogP contribution in [0.15, 0.2) is 60.7 Å². The molecule has 0 aliphatic rings. The molecule has 29 heavy (non-hydrogen) atoms. The Morgan fingerprint density at radius 3 is 2.76 bits per heavy atom. The lowest BCUT2D eigenvalue weighted by Crippen LogP contribution is -2.17. The predicted molar refractivity (Wildman–Crippen MR) is 113 cm³/mol. The van der Waals surface area contributed by atoms with Crippen molar-refractivity contribution in [2.75, 3.05) is 18.5 Å². The fourth-order valence-electron chi connectivity index (χ4n) is 3.23. The first-order valence-electron chi connectivity index (χ1n) is 9.71. The normalized spacial score (nSPS) is 11.1. The number of aromatic amines is 1. The lowest BCUT2D eigenvalue weighted by Gasteiger charge is -2.09. The second-order valence-corrected chi connectivity index (χ2v) is 6.61. The van der Waals surface area contributed by atoms with Crippen LogP contribution < -0.4 is 5.32 Å². The number of rotatable bonds is 8. The number of benzene rings is 2. The number of hydrogen-bond acceptors (Lipinski definition) is 4. The predicted octanol–water partition coefficient (Wildman–Crippen LogP) is 4.11. The number of nitrogens with zero attached hydrogens (tertiary/aromatic N) is 3. The van der Waals surface area contributed by atoms with E-state index in [9.17, 15) is 4.79 Å². The van der Waals surface area contributed by atoms with Gasteiger partial charge in [0.2, 0.25) is 5.95 Å². The van der Waals surface area contributed by atoms with Crippen LogP contribution >= 0.6 is 0 Å². The Morgan fingerprint density at radius 1 is 1.14 bits per heavy atom. The van der Waals surface area contributed by atoms with Crippen LogP contribution in [0.4, 0.5) is 5.95 Å². The van der Waals surface area contributed by atoms with E-state index in [1.807, 2.05) is 66.1 Å². The van der Waals surface area contributed by atoms with Gasteiger partial charge in [0.1, 0.15) is 5.69 Å². The molecule has 2 heterocycles. The van der Waals surface area contributed by atoms with Gasteiger partial charge in [0.05, 0.1) is 16.7 Å². The van der Waals surface area contributed by atoms with Crippen molar-refractivity contribution >= 4 is 22.9 Å². The molecule has 0 aliphatic carbocycles. The molecule has 2 N–H and O–H groups in total. The molecule has 0 unspecified atom stereocenters. The number of hydrogen-bond donors (Lipinski definition) is 2. The van der Waals surface area contributed by atoms with E-state index in [2.05, 4.69) is 20.5 Å². The smallest absolute Gasteiger partial charge is 0.275 e. The standard InChI is InChI=1S/C22H23N5O2/c1-2-29-14-8-13-27-20-12-7-6-11-17(20)23-22(27)24-21(28)19-15-18(25-26-19)16-9-4-3-5-10-16/h3-7,9-12,15H,2,8,13-14H2,1H3,(H,25,26)(H,23,24,28). The Labute approximate surface area is 168 Å². The van der Waals surface area contributed by atoms with E-state index in [1.54, 1.807) is 6.07 Å². The maximum absolute atomic E-state index is 12.8. The molecule has 0 fully saturated rings. The van der Waals surface area contributed by atoms with Gasteiger partial charge >= 0.3 is 0 Å². The highest BCUT2D eigenvalue weighted by Crippen LogP contribution is 2.21. The van der Waals surface area contributed by atoms with Crippen LogP contribution in [-0.2, 0) is 11.3 Å². The summed E-state index contributed by atoms with van der Waals surface area (Å²) >= 11 is 0. The summed E-state index contributed by atoms with van der Waals surface area (Å²) in [7, 11) is 0. The highest BCUT2D eigenvalue weighted by atomic mass is 16.5. The van der Waals surface area contributed by atoms with Gasteiger partial charge in [-0.3, -0.25) is 15.2 Å². The van der Waals surface area contributed by atoms with E-state index in [-0.39, 0.29) is 5.91 Å². The van der Waals surface area contributed by atoms with Crippen molar-refractivity contribution in [1.82, 2.24) is 19.7 Å². The summed E-state index contributed by atoms with van der Waals surface area (Å²) in [5.41, 5.74) is 3.88. The van der Waals surface area contributed by atoms with Crippen molar-refractivity contribution < 1.29 is 9.53 Å². The average molecular weight is 389 g/mol. The summed E-state index contributed by atoms with van der Waals surface area (Å²) in [6.07, 6.45) is 0.833. The molecule has 7 heteroatoms. The summed E-state index contributed by atoms with van der Waals surface area (Å²) in [6, 6.07) is 19.3. The van der Waals surface area contributed by atoms with Crippen LogP contribution in [0.5, 0.6) is 0 Å². The van der Waals surface area contributed by atoms with Crippen molar-refractivity contribution in [3.63, 3.8) is 0 Å². The summed E-state index contributed by atoms with van der Waals surface area (Å²) in [5, 5.41) is 10.00. The quantitative estimate of drug-likeness (QED) is 0.444. The minimum Gasteiger partial charge on any atom is -0.382 e. The molecule has 2 aromatic carbocycles. The van der Waals surface area contributed by atoms with Gasteiger partial charge in [0.15, 0.2) is 0 Å². The molecule has 0 bridgehead atoms. The molecule has 1 amide bonds. The maximum atomic E-state index is 12.8. The highest BCUT2D eigenvalue weighted by molar-refractivity contribution is 6.03. The molecule has 148 valence electrons. The number of carbonyl (C=O) groups is 1. The van der Waals surface area contributed by atoms with Crippen molar-refractivity contribution in [2.45, 2.75) is 19.9 Å². The van der Waals surface area contributed by atoms with Crippen molar-refractivity contribution in [2.24, 2.45) is 0 Å². The van der Waals surface area contributed by atoms with Gasteiger partial charge in [-0.2, -0.15) is 5.10 Å². The number of amides is 1. The van der Waals surface area contributed by atoms with Crippen molar-refractivity contribution in [3.8, 4) is 11.3 Å². The van der Waals surface area contributed by atoms with Crippen LogP contribution in [0.1, 0.15) is 23.8 Å². The monoisotopic (exact) mass is 389 g/mol. The van der Waals surface area contributed by atoms with E-state index in [1.165, 1.54) is 0 Å². The van der Waals surface area contributed by atoms with Gasteiger partial charge in [-0.25, -0.2) is 4.98 Å². The summed E-state index contributed by atoms with van der Waals surface area (Å²) in [5.74, 6) is 0.240. The third kappa shape index (κ3) is 4.20. The highest BCUT2D eigenvalue weighted by Gasteiger charge is 2.16. The molecule has 4 rings (SSSR count). The number of ether oxygens (including phenoxy) is 1. The van der Waals surface area contributed by atoms with E-state index in [4.69, 9.17) is 4.74 Å². The van der Waals surface area contributed by atoms with E-state index in [0.29, 0.717) is 31.4 Å². The zero-order valence-electron chi connectivity index (χ0n) is 16.3. The number of nitrogens with one attached hydrogen (secondary N) is 2. The fraction of sp³-hybridized carbons (Fsp3) is 0.227. The average Bonchev–Trinajstić information content (AvgIpc) is 3.37. The lowest BCUT2D eigenvalue weighted by molar-refractivity contribution is 0.102. The summed E-state index contributed by atoms with van der Waals surface area (Å²) < 4.78 is 7.46. The molecule has 0 saturated heterocycles. The topological polar surface area (TPSA) is 84.8 Å². The van der Waals surface area contributed by atoms with Crippen molar-refractivity contribution in [3.05, 3.63) is 66.4 Å². The van der Waals surface area contributed by atoms with Gasteiger partial charge in [0, 0.05) is 25.3 Å². The first kappa shape index (κ1) is 18.9. The summed E-state index contributed by atoms with van der Waals surface area (Å²) in [6.45, 7) is 4.04. The number of aryl methyl sites for hydroxylation is 1. The number of imidazole rings is 1. The third-order valence-electron chi connectivity index (χ3n) is 4.65.